The van der Waals surface area contributed by atoms with E-state index in [9.17, 15) is 4.21 Å². The van der Waals surface area contributed by atoms with Crippen molar-refractivity contribution < 1.29 is 17.4 Å². The summed E-state index contributed by atoms with van der Waals surface area (Å²) in [5.74, 6) is -3.31. The fourth-order valence-electron chi connectivity index (χ4n) is 1.77. The molecule has 2 atom stereocenters. The number of rotatable bonds is 7. The van der Waals surface area contributed by atoms with Gasteiger partial charge in [-0.3, -0.25) is 4.98 Å². The molecule has 0 aromatic carbocycles. The number of aromatic nitrogens is 1. The summed E-state index contributed by atoms with van der Waals surface area (Å²) in [5, 5.41) is -0.110. The van der Waals surface area contributed by atoms with Crippen molar-refractivity contribution >= 4 is 19.3 Å². The Morgan fingerprint density at radius 1 is 1.19 bits per heavy atom. The first-order chi connectivity index (χ1) is 11.6. The van der Waals surface area contributed by atoms with Crippen LogP contribution in [0.15, 0.2) is 24.4 Å². The number of hydrogen-bond acceptors (Lipinski definition) is 3. The van der Waals surface area contributed by atoms with Crippen molar-refractivity contribution in [2.45, 2.75) is 76.4 Å². The zero-order valence-electron chi connectivity index (χ0n) is 17.0. The van der Waals surface area contributed by atoms with Gasteiger partial charge in [0.25, 0.3) is 0 Å². The van der Waals surface area contributed by atoms with Gasteiger partial charge in [0.05, 0.1) is 22.3 Å². The number of nitrogens with zero attached hydrogens (tertiary/aromatic N) is 1. The third-order valence-electron chi connectivity index (χ3n) is 4.67. The predicted octanol–water partition coefficient (Wildman–Crippen LogP) is 4.62. The van der Waals surface area contributed by atoms with Crippen molar-refractivity contribution in [3.8, 4) is 0 Å². The first kappa shape index (κ1) is 23.3. The van der Waals surface area contributed by atoms with Crippen LogP contribution in [0.5, 0.6) is 0 Å². The molecule has 0 unspecified atom stereocenters. The highest BCUT2D eigenvalue weighted by molar-refractivity contribution is 7.84. The van der Waals surface area contributed by atoms with Gasteiger partial charge < -0.3 is 4.43 Å². The lowest BCUT2D eigenvalue weighted by Gasteiger charge is -2.38. The van der Waals surface area contributed by atoms with E-state index in [1.54, 1.807) is 26.8 Å². The molecule has 1 aromatic heterocycles. The van der Waals surface area contributed by atoms with E-state index in [4.69, 9.17) is 4.43 Å². The fraction of sp³-hybridized carbons (Fsp3) is 0.722. The third kappa shape index (κ3) is 5.90. The SMILES string of the molecule is CC(C)(C)[S@@](=O)N[C@@H](CO[Si](C)(C)C(C)(C)C)C(F)(F)c1ccccn1. The molecule has 4 nitrogen and oxygen atoms in total. The molecule has 0 saturated heterocycles. The molecule has 26 heavy (non-hydrogen) atoms. The van der Waals surface area contributed by atoms with Crippen LogP contribution in [0.4, 0.5) is 8.78 Å². The number of alkyl halides is 2. The van der Waals surface area contributed by atoms with E-state index in [1.807, 2.05) is 33.9 Å². The summed E-state index contributed by atoms with van der Waals surface area (Å²) in [6, 6.07) is 2.94. The van der Waals surface area contributed by atoms with Crippen LogP contribution in [0.1, 0.15) is 47.2 Å². The van der Waals surface area contributed by atoms with Gasteiger partial charge in [0.15, 0.2) is 8.32 Å². The third-order valence-corrected chi connectivity index (χ3v) is 10.8. The Morgan fingerprint density at radius 3 is 2.19 bits per heavy atom. The monoisotopic (exact) mass is 406 g/mol. The summed E-state index contributed by atoms with van der Waals surface area (Å²) >= 11 is 0. The lowest BCUT2D eigenvalue weighted by atomic mass is 10.1. The highest BCUT2D eigenvalue weighted by Gasteiger charge is 2.46. The summed E-state index contributed by atoms with van der Waals surface area (Å²) in [5.41, 5.74) is -0.359. The topological polar surface area (TPSA) is 51.2 Å². The van der Waals surface area contributed by atoms with Crippen LogP contribution in [0.3, 0.4) is 0 Å². The molecule has 0 saturated carbocycles. The van der Waals surface area contributed by atoms with Gasteiger partial charge in [-0.1, -0.05) is 26.8 Å². The van der Waals surface area contributed by atoms with Gasteiger partial charge in [-0.25, -0.2) is 8.93 Å². The Labute approximate surface area is 159 Å². The minimum atomic E-state index is -3.31. The number of hydrogen-bond donors (Lipinski definition) is 1. The molecular formula is C18H32F2N2O2SSi. The molecule has 0 radical (unpaired) electrons. The van der Waals surface area contributed by atoms with Gasteiger partial charge in [-0.15, -0.1) is 0 Å². The molecule has 8 heteroatoms. The van der Waals surface area contributed by atoms with Gasteiger partial charge >= 0.3 is 5.92 Å². The Morgan fingerprint density at radius 2 is 1.77 bits per heavy atom. The molecule has 1 N–H and O–H groups in total. The number of nitrogens with one attached hydrogen (secondary N) is 1. The molecule has 150 valence electrons. The zero-order valence-corrected chi connectivity index (χ0v) is 18.8. The van der Waals surface area contributed by atoms with Crippen LogP contribution in [0.2, 0.25) is 18.1 Å². The molecule has 0 amide bonds. The molecule has 0 spiro atoms. The molecule has 1 heterocycles. The van der Waals surface area contributed by atoms with Gasteiger partial charge in [0, 0.05) is 6.20 Å². The maximum Gasteiger partial charge on any atom is 0.307 e. The number of halogens is 2. The number of pyridine rings is 1. The standard InChI is InChI=1S/C18H32F2N2O2SSi/c1-16(2,3)25(23)22-15(13-24-26(7,8)17(4,5)6)18(19,20)14-11-9-10-12-21-14/h9-12,15,22H,13H2,1-8H3/t15-,25+/m0/s1. The summed E-state index contributed by atoms with van der Waals surface area (Å²) in [6.45, 7) is 15.1. The smallest absolute Gasteiger partial charge is 0.307 e. The average molecular weight is 407 g/mol. The van der Waals surface area contributed by atoms with Gasteiger partial charge in [-0.05, 0) is 51.0 Å². The zero-order chi connectivity index (χ0) is 20.4. The van der Waals surface area contributed by atoms with Crippen LogP contribution < -0.4 is 4.72 Å². The Hall–Kier alpha value is -0.703. The molecule has 1 rings (SSSR count). The lowest BCUT2D eigenvalue weighted by molar-refractivity contribution is -0.0538. The van der Waals surface area contributed by atoms with Gasteiger partial charge in [0.1, 0.15) is 11.7 Å². The van der Waals surface area contributed by atoms with E-state index in [-0.39, 0.29) is 17.3 Å². The molecule has 1 aromatic rings. The van der Waals surface area contributed by atoms with Gasteiger partial charge in [0.2, 0.25) is 0 Å². The quantitative estimate of drug-likeness (QED) is 0.673. The Balaban J connectivity index is 3.12. The second-order valence-electron chi connectivity index (χ2n) is 8.96. The van der Waals surface area contributed by atoms with Crippen molar-refractivity contribution in [3.63, 3.8) is 0 Å². The van der Waals surface area contributed by atoms with Crippen molar-refractivity contribution in [1.82, 2.24) is 9.71 Å². The minimum absolute atomic E-state index is 0.110. The van der Waals surface area contributed by atoms with Crippen LogP contribution in [0.25, 0.3) is 0 Å². The van der Waals surface area contributed by atoms with E-state index in [2.05, 4.69) is 9.71 Å². The summed E-state index contributed by atoms with van der Waals surface area (Å²) in [4.78, 5) is 3.80. The highest BCUT2D eigenvalue weighted by atomic mass is 32.2. The second-order valence-corrected chi connectivity index (χ2v) is 15.8. The van der Waals surface area contributed by atoms with E-state index in [1.165, 1.54) is 18.3 Å². The Kier molecular flexibility index (Phi) is 7.29. The van der Waals surface area contributed by atoms with E-state index in [0.717, 1.165) is 0 Å². The molecule has 0 bridgehead atoms. The predicted molar refractivity (Wildman–Crippen MR) is 106 cm³/mol. The van der Waals surface area contributed by atoms with Gasteiger partial charge in [-0.2, -0.15) is 8.78 Å². The average Bonchev–Trinajstić information content (AvgIpc) is 2.49. The Bertz CT molecular complexity index is 614. The van der Waals surface area contributed by atoms with Crippen molar-refractivity contribution in [2.75, 3.05) is 6.61 Å². The van der Waals surface area contributed by atoms with Crippen LogP contribution in [-0.4, -0.2) is 34.9 Å². The first-order valence-electron chi connectivity index (χ1n) is 8.70. The second kappa shape index (κ2) is 8.12. The van der Waals surface area contributed by atoms with Crippen molar-refractivity contribution in [3.05, 3.63) is 30.1 Å². The van der Waals surface area contributed by atoms with E-state index < -0.39 is 36.0 Å². The molecule has 0 aliphatic heterocycles. The lowest BCUT2D eigenvalue weighted by Crippen LogP contribution is -2.53. The van der Waals surface area contributed by atoms with E-state index >= 15 is 8.78 Å². The van der Waals surface area contributed by atoms with Crippen LogP contribution in [0, 0.1) is 0 Å². The summed E-state index contributed by atoms with van der Waals surface area (Å²) in [6.07, 6.45) is 1.33. The summed E-state index contributed by atoms with van der Waals surface area (Å²) in [7, 11) is -3.90. The minimum Gasteiger partial charge on any atom is -0.415 e. The normalized spacial score (nSPS) is 16.4. The largest absolute Gasteiger partial charge is 0.415 e. The molecule has 0 aliphatic carbocycles. The highest BCUT2D eigenvalue weighted by Crippen LogP contribution is 2.38. The maximum absolute atomic E-state index is 15.1. The molecule has 0 aliphatic rings. The van der Waals surface area contributed by atoms with Crippen LogP contribution in [-0.2, 0) is 21.3 Å². The fourth-order valence-corrected chi connectivity index (χ4v) is 3.61. The van der Waals surface area contributed by atoms with Crippen LogP contribution >= 0.6 is 0 Å². The maximum atomic E-state index is 15.1. The molecule has 0 fully saturated rings. The van der Waals surface area contributed by atoms with E-state index in [0.29, 0.717) is 0 Å². The summed E-state index contributed by atoms with van der Waals surface area (Å²) < 4.78 is 50.6. The molecular weight excluding hydrogens is 374 g/mol. The van der Waals surface area contributed by atoms with Crippen molar-refractivity contribution in [1.29, 1.82) is 0 Å². The van der Waals surface area contributed by atoms with Crippen molar-refractivity contribution in [2.24, 2.45) is 0 Å². The first-order valence-corrected chi connectivity index (χ1v) is 12.8.